The average Bonchev–Trinajstić information content (AvgIpc) is 2.07. The van der Waals surface area contributed by atoms with Crippen LogP contribution >= 0.6 is 15.9 Å². The zero-order valence-corrected chi connectivity index (χ0v) is 8.66. The molecule has 1 rings (SSSR count). The fourth-order valence-electron chi connectivity index (χ4n) is 0.960. The molecule has 0 radical (unpaired) electrons. The number of hydrogen-bond donors (Lipinski definition) is 0. The second kappa shape index (κ2) is 3.69. The Hall–Kier alpha value is -1.17. The van der Waals surface area contributed by atoms with E-state index >= 15 is 0 Å². The van der Waals surface area contributed by atoms with Crippen molar-refractivity contribution in [1.82, 2.24) is 4.98 Å². The first-order valence-electron chi connectivity index (χ1n) is 3.41. The molecule has 0 unspecified atom stereocenters. The second-order valence-corrected chi connectivity index (χ2v) is 3.18. The predicted octanol–water partition coefficient (Wildman–Crippen LogP) is 2.07. The highest BCUT2D eigenvalue weighted by Crippen LogP contribution is 2.35. The van der Waals surface area contributed by atoms with Gasteiger partial charge >= 0.3 is 5.69 Å². The van der Waals surface area contributed by atoms with Crippen LogP contribution in [0.1, 0.15) is 5.69 Å². The van der Waals surface area contributed by atoms with Gasteiger partial charge in [-0.1, -0.05) is 0 Å². The SMILES string of the molecule is COc1c(Br)cnc(C)c1[N+](=O)[O-]. The lowest BCUT2D eigenvalue weighted by molar-refractivity contribution is -0.386. The van der Waals surface area contributed by atoms with Gasteiger partial charge in [0, 0.05) is 6.20 Å². The molecular formula is C7H7BrN2O3. The maximum Gasteiger partial charge on any atom is 0.333 e. The van der Waals surface area contributed by atoms with E-state index in [1.54, 1.807) is 6.92 Å². The standard InChI is InChI=1S/C7H7BrN2O3/c1-4-6(10(11)12)7(13-2)5(8)3-9-4/h3H,1-2H3. The highest BCUT2D eigenvalue weighted by molar-refractivity contribution is 9.10. The summed E-state index contributed by atoms with van der Waals surface area (Å²) in [6.45, 7) is 1.56. The van der Waals surface area contributed by atoms with Crippen LogP contribution < -0.4 is 4.74 Å². The van der Waals surface area contributed by atoms with E-state index in [1.807, 2.05) is 0 Å². The van der Waals surface area contributed by atoms with Crippen molar-refractivity contribution in [2.24, 2.45) is 0 Å². The lowest BCUT2D eigenvalue weighted by Gasteiger charge is -2.04. The molecule has 5 nitrogen and oxygen atoms in total. The lowest BCUT2D eigenvalue weighted by Crippen LogP contribution is -1.99. The van der Waals surface area contributed by atoms with Crippen molar-refractivity contribution in [3.05, 3.63) is 26.5 Å². The van der Waals surface area contributed by atoms with Crippen LogP contribution in [-0.4, -0.2) is 17.0 Å². The number of nitro groups is 1. The molecule has 0 aliphatic carbocycles. The lowest BCUT2D eigenvalue weighted by atomic mass is 10.3. The van der Waals surface area contributed by atoms with Crippen molar-refractivity contribution in [2.45, 2.75) is 6.92 Å². The molecule has 0 aliphatic heterocycles. The topological polar surface area (TPSA) is 65.3 Å². The third-order valence-corrected chi connectivity index (χ3v) is 2.10. The third-order valence-electron chi connectivity index (χ3n) is 1.53. The van der Waals surface area contributed by atoms with Gasteiger partial charge in [-0.25, -0.2) is 0 Å². The zero-order chi connectivity index (χ0) is 10.0. The van der Waals surface area contributed by atoms with Crippen LogP contribution in [0.25, 0.3) is 0 Å². The highest BCUT2D eigenvalue weighted by Gasteiger charge is 2.21. The summed E-state index contributed by atoms with van der Waals surface area (Å²) < 4.78 is 5.37. The molecule has 1 heterocycles. The van der Waals surface area contributed by atoms with Crippen molar-refractivity contribution in [2.75, 3.05) is 7.11 Å². The molecule has 1 aromatic rings. The fraction of sp³-hybridized carbons (Fsp3) is 0.286. The van der Waals surface area contributed by atoms with Crippen LogP contribution in [0.2, 0.25) is 0 Å². The Balaban J connectivity index is 3.43. The van der Waals surface area contributed by atoms with Crippen molar-refractivity contribution >= 4 is 21.6 Å². The van der Waals surface area contributed by atoms with E-state index in [0.29, 0.717) is 10.2 Å². The summed E-state index contributed by atoms with van der Waals surface area (Å²) in [5, 5.41) is 10.6. The van der Waals surface area contributed by atoms with Gasteiger partial charge in [-0.2, -0.15) is 0 Å². The highest BCUT2D eigenvalue weighted by atomic mass is 79.9. The van der Waals surface area contributed by atoms with Gasteiger partial charge in [-0.05, 0) is 22.9 Å². The Labute approximate surface area is 83.0 Å². The zero-order valence-electron chi connectivity index (χ0n) is 7.07. The molecule has 70 valence electrons. The summed E-state index contributed by atoms with van der Waals surface area (Å²) in [5.41, 5.74) is 0.238. The Morgan fingerprint density at radius 1 is 1.69 bits per heavy atom. The van der Waals surface area contributed by atoms with Crippen LogP contribution in [0.3, 0.4) is 0 Å². The Morgan fingerprint density at radius 2 is 2.31 bits per heavy atom. The number of aryl methyl sites for hydroxylation is 1. The summed E-state index contributed by atoms with van der Waals surface area (Å²) in [5.74, 6) is 0.206. The van der Waals surface area contributed by atoms with Crippen LogP contribution in [0.4, 0.5) is 5.69 Å². The molecule has 0 saturated carbocycles. The summed E-state index contributed by atoms with van der Waals surface area (Å²) in [6, 6.07) is 0. The number of hydrogen-bond acceptors (Lipinski definition) is 4. The van der Waals surface area contributed by atoms with Crippen molar-refractivity contribution in [3.63, 3.8) is 0 Å². The quantitative estimate of drug-likeness (QED) is 0.592. The first-order chi connectivity index (χ1) is 6.07. The van der Waals surface area contributed by atoms with Gasteiger partial charge in [0.1, 0.15) is 5.69 Å². The van der Waals surface area contributed by atoms with Crippen molar-refractivity contribution in [1.29, 1.82) is 0 Å². The van der Waals surface area contributed by atoms with Crippen LogP contribution in [-0.2, 0) is 0 Å². The van der Waals surface area contributed by atoms with Gasteiger partial charge in [0.05, 0.1) is 16.5 Å². The largest absolute Gasteiger partial charge is 0.489 e. The van der Waals surface area contributed by atoms with E-state index in [2.05, 4.69) is 20.9 Å². The van der Waals surface area contributed by atoms with Gasteiger partial charge in [0.2, 0.25) is 5.75 Å². The Kier molecular flexibility index (Phi) is 2.82. The molecule has 0 aliphatic rings. The molecule has 0 spiro atoms. The van der Waals surface area contributed by atoms with E-state index in [9.17, 15) is 10.1 Å². The molecule has 1 aromatic heterocycles. The van der Waals surface area contributed by atoms with Crippen LogP contribution in [0.5, 0.6) is 5.75 Å². The molecule has 13 heavy (non-hydrogen) atoms. The molecule has 0 amide bonds. The van der Waals surface area contributed by atoms with Crippen LogP contribution in [0.15, 0.2) is 10.7 Å². The maximum atomic E-state index is 10.6. The van der Waals surface area contributed by atoms with Gasteiger partial charge in [0.25, 0.3) is 0 Å². The van der Waals surface area contributed by atoms with Gasteiger partial charge in [-0.3, -0.25) is 15.1 Å². The van der Waals surface area contributed by atoms with E-state index in [1.165, 1.54) is 13.3 Å². The number of aromatic nitrogens is 1. The number of nitrogens with zero attached hydrogens (tertiary/aromatic N) is 2. The summed E-state index contributed by atoms with van der Waals surface area (Å²) in [4.78, 5) is 14.0. The smallest absolute Gasteiger partial charge is 0.333 e. The van der Waals surface area contributed by atoms with E-state index in [0.717, 1.165) is 0 Å². The third kappa shape index (κ3) is 1.77. The summed E-state index contributed by atoms with van der Waals surface area (Å²) >= 11 is 3.12. The average molecular weight is 247 g/mol. The van der Waals surface area contributed by atoms with E-state index in [4.69, 9.17) is 4.74 Å². The van der Waals surface area contributed by atoms with Gasteiger partial charge in [0.15, 0.2) is 0 Å². The molecule has 0 N–H and O–H groups in total. The molecule has 0 bridgehead atoms. The second-order valence-electron chi connectivity index (χ2n) is 2.33. The fourth-order valence-corrected chi connectivity index (χ4v) is 1.41. The summed E-state index contributed by atoms with van der Waals surface area (Å²) in [7, 11) is 1.38. The molecule has 6 heteroatoms. The number of methoxy groups -OCH3 is 1. The van der Waals surface area contributed by atoms with Crippen molar-refractivity contribution < 1.29 is 9.66 Å². The van der Waals surface area contributed by atoms with Crippen molar-refractivity contribution in [3.8, 4) is 5.75 Å². The monoisotopic (exact) mass is 246 g/mol. The van der Waals surface area contributed by atoms with E-state index in [-0.39, 0.29) is 11.4 Å². The Morgan fingerprint density at radius 3 is 2.69 bits per heavy atom. The maximum absolute atomic E-state index is 10.6. The molecule has 0 aromatic carbocycles. The molecule has 0 saturated heterocycles. The number of rotatable bonds is 2. The minimum absolute atomic E-state index is 0.100. The molecule has 0 atom stereocenters. The predicted molar refractivity (Wildman–Crippen MR) is 49.9 cm³/mol. The number of pyridine rings is 1. The number of halogens is 1. The van der Waals surface area contributed by atoms with E-state index < -0.39 is 4.92 Å². The first kappa shape index (κ1) is 9.91. The Bertz CT molecular complexity index is 354. The van der Waals surface area contributed by atoms with Gasteiger partial charge < -0.3 is 4.74 Å². The summed E-state index contributed by atoms with van der Waals surface area (Å²) in [6.07, 6.45) is 1.47. The van der Waals surface area contributed by atoms with Crippen LogP contribution in [0, 0.1) is 17.0 Å². The molecule has 0 fully saturated rings. The number of ether oxygens (including phenoxy) is 1. The normalized spacial score (nSPS) is 9.77. The molecular weight excluding hydrogens is 240 g/mol. The first-order valence-corrected chi connectivity index (χ1v) is 4.20. The minimum atomic E-state index is -0.508. The van der Waals surface area contributed by atoms with Gasteiger partial charge in [-0.15, -0.1) is 0 Å². The minimum Gasteiger partial charge on any atom is -0.489 e.